The van der Waals surface area contributed by atoms with Crippen molar-refractivity contribution in [1.82, 2.24) is 15.2 Å². The number of thiazole rings is 1. The number of carbonyl (C=O) groups excluding carboxylic acids is 1. The predicted molar refractivity (Wildman–Crippen MR) is 117 cm³/mol. The van der Waals surface area contributed by atoms with E-state index in [0.29, 0.717) is 11.4 Å². The Bertz CT molecular complexity index is 811. The highest BCUT2D eigenvalue weighted by molar-refractivity contribution is 7.17. The topological polar surface area (TPSA) is 57.7 Å². The SMILES string of the molecule is COc1cccc(CNC(=O)c2cnc(N3CCC(N4CCCCC4)CC3)s2)c1. The molecule has 0 spiro atoms. The van der Waals surface area contributed by atoms with Crippen LogP contribution in [0.5, 0.6) is 5.75 Å². The van der Waals surface area contributed by atoms with Crippen molar-refractivity contribution < 1.29 is 9.53 Å². The van der Waals surface area contributed by atoms with Gasteiger partial charge in [0.1, 0.15) is 10.6 Å². The van der Waals surface area contributed by atoms with Gasteiger partial charge in [-0.1, -0.05) is 29.9 Å². The minimum absolute atomic E-state index is 0.0697. The van der Waals surface area contributed by atoms with Gasteiger partial charge < -0.3 is 19.9 Å². The summed E-state index contributed by atoms with van der Waals surface area (Å²) in [5, 5.41) is 3.95. The second-order valence-corrected chi connectivity index (χ2v) is 8.87. The highest BCUT2D eigenvalue weighted by Crippen LogP contribution is 2.28. The van der Waals surface area contributed by atoms with Gasteiger partial charge in [-0.2, -0.15) is 0 Å². The van der Waals surface area contributed by atoms with E-state index in [1.165, 1.54) is 56.5 Å². The van der Waals surface area contributed by atoms with Crippen LogP contribution in [0.1, 0.15) is 47.3 Å². The lowest BCUT2D eigenvalue weighted by Gasteiger charge is -2.40. The Hall–Kier alpha value is -2.12. The molecule has 1 N–H and O–H groups in total. The largest absolute Gasteiger partial charge is 0.497 e. The number of carbonyl (C=O) groups is 1. The van der Waals surface area contributed by atoms with E-state index >= 15 is 0 Å². The van der Waals surface area contributed by atoms with Crippen molar-refractivity contribution in [2.75, 3.05) is 38.2 Å². The zero-order valence-electron chi connectivity index (χ0n) is 17.1. The van der Waals surface area contributed by atoms with Crippen LogP contribution in [-0.2, 0) is 6.54 Å². The molecule has 156 valence electrons. The Morgan fingerprint density at radius 1 is 1.21 bits per heavy atom. The number of hydrogen-bond acceptors (Lipinski definition) is 6. The van der Waals surface area contributed by atoms with Gasteiger partial charge in [-0.3, -0.25) is 4.79 Å². The summed E-state index contributed by atoms with van der Waals surface area (Å²) in [4.78, 5) is 22.7. The van der Waals surface area contributed by atoms with E-state index in [4.69, 9.17) is 4.74 Å². The number of ether oxygens (including phenoxy) is 1. The maximum absolute atomic E-state index is 12.5. The summed E-state index contributed by atoms with van der Waals surface area (Å²) in [5.41, 5.74) is 1.02. The van der Waals surface area contributed by atoms with Crippen LogP contribution in [0.2, 0.25) is 0 Å². The lowest BCUT2D eigenvalue weighted by atomic mass is 10.0. The molecule has 2 saturated heterocycles. The van der Waals surface area contributed by atoms with Crippen molar-refractivity contribution in [1.29, 1.82) is 0 Å². The van der Waals surface area contributed by atoms with E-state index < -0.39 is 0 Å². The molecule has 1 aromatic heterocycles. The van der Waals surface area contributed by atoms with E-state index in [-0.39, 0.29) is 5.91 Å². The summed E-state index contributed by atoms with van der Waals surface area (Å²) in [7, 11) is 1.64. The summed E-state index contributed by atoms with van der Waals surface area (Å²) >= 11 is 1.49. The Balaban J connectivity index is 1.28. The van der Waals surface area contributed by atoms with Crippen molar-refractivity contribution in [3.63, 3.8) is 0 Å². The van der Waals surface area contributed by atoms with Gasteiger partial charge >= 0.3 is 0 Å². The zero-order chi connectivity index (χ0) is 20.1. The summed E-state index contributed by atoms with van der Waals surface area (Å²) in [6.07, 6.45) is 8.17. The van der Waals surface area contributed by atoms with E-state index in [2.05, 4.69) is 20.1 Å². The van der Waals surface area contributed by atoms with Gasteiger partial charge in [-0.25, -0.2) is 4.98 Å². The van der Waals surface area contributed by atoms with Gasteiger partial charge in [0, 0.05) is 25.7 Å². The highest BCUT2D eigenvalue weighted by atomic mass is 32.1. The lowest BCUT2D eigenvalue weighted by molar-refractivity contribution is 0.0954. The van der Waals surface area contributed by atoms with E-state index in [9.17, 15) is 4.79 Å². The first-order chi connectivity index (χ1) is 14.2. The Labute approximate surface area is 176 Å². The first-order valence-electron chi connectivity index (χ1n) is 10.6. The van der Waals surface area contributed by atoms with Gasteiger partial charge in [0.15, 0.2) is 5.13 Å². The molecule has 0 atom stereocenters. The van der Waals surface area contributed by atoms with Gasteiger partial charge in [0.25, 0.3) is 5.91 Å². The van der Waals surface area contributed by atoms with E-state index in [1.54, 1.807) is 13.3 Å². The molecule has 0 unspecified atom stereocenters. The molecule has 29 heavy (non-hydrogen) atoms. The van der Waals surface area contributed by atoms with Crippen molar-refractivity contribution in [3.8, 4) is 5.75 Å². The highest BCUT2D eigenvalue weighted by Gasteiger charge is 2.27. The van der Waals surface area contributed by atoms with Crippen molar-refractivity contribution in [2.24, 2.45) is 0 Å². The molecule has 1 aromatic carbocycles. The number of nitrogens with one attached hydrogen (secondary N) is 1. The average Bonchev–Trinajstić information content (AvgIpc) is 3.29. The fraction of sp³-hybridized carbons (Fsp3) is 0.545. The maximum Gasteiger partial charge on any atom is 0.263 e. The quantitative estimate of drug-likeness (QED) is 0.784. The normalized spacial score (nSPS) is 18.6. The van der Waals surface area contributed by atoms with Gasteiger partial charge in [0.05, 0.1) is 13.3 Å². The molecule has 2 aromatic rings. The first-order valence-corrected chi connectivity index (χ1v) is 11.4. The van der Waals surface area contributed by atoms with Gasteiger partial charge in [0.2, 0.25) is 0 Å². The molecule has 1 amide bonds. The molecule has 0 bridgehead atoms. The monoisotopic (exact) mass is 414 g/mol. The first kappa shape index (κ1) is 20.2. The zero-order valence-corrected chi connectivity index (χ0v) is 17.9. The summed E-state index contributed by atoms with van der Waals surface area (Å²) in [6.45, 7) is 5.06. The molecule has 0 radical (unpaired) electrons. The summed E-state index contributed by atoms with van der Waals surface area (Å²) in [6, 6.07) is 8.46. The number of likely N-dealkylation sites (tertiary alicyclic amines) is 1. The number of aromatic nitrogens is 1. The molecule has 4 rings (SSSR count). The Morgan fingerprint density at radius 3 is 2.76 bits per heavy atom. The number of rotatable bonds is 6. The second-order valence-electron chi connectivity index (χ2n) is 7.86. The van der Waals surface area contributed by atoms with Crippen LogP contribution in [0.3, 0.4) is 0 Å². The van der Waals surface area contributed by atoms with Gasteiger partial charge in [-0.15, -0.1) is 0 Å². The molecule has 2 aliphatic heterocycles. The number of benzene rings is 1. The number of hydrogen-bond donors (Lipinski definition) is 1. The van der Waals surface area contributed by atoms with Crippen molar-refractivity contribution in [3.05, 3.63) is 40.9 Å². The number of piperidine rings is 2. The van der Waals surface area contributed by atoms with E-state index in [0.717, 1.165) is 35.6 Å². The van der Waals surface area contributed by atoms with Crippen LogP contribution < -0.4 is 15.0 Å². The summed E-state index contributed by atoms with van der Waals surface area (Å²) < 4.78 is 5.23. The third-order valence-corrected chi connectivity index (χ3v) is 7.00. The maximum atomic E-state index is 12.5. The van der Waals surface area contributed by atoms with Gasteiger partial charge in [-0.05, 0) is 56.5 Å². The number of methoxy groups -OCH3 is 1. The van der Waals surface area contributed by atoms with Crippen LogP contribution in [0.15, 0.2) is 30.5 Å². The minimum atomic E-state index is -0.0697. The third-order valence-electron chi connectivity index (χ3n) is 5.95. The summed E-state index contributed by atoms with van der Waals surface area (Å²) in [5.74, 6) is 0.726. The Kier molecular flexibility index (Phi) is 6.67. The molecular weight excluding hydrogens is 384 g/mol. The third kappa shape index (κ3) is 5.08. The molecule has 6 nitrogen and oxygen atoms in total. The second kappa shape index (κ2) is 9.59. The number of nitrogens with zero attached hydrogens (tertiary/aromatic N) is 3. The lowest BCUT2D eigenvalue weighted by Crippen LogP contribution is -2.46. The molecule has 2 aliphatic rings. The number of anilines is 1. The van der Waals surface area contributed by atoms with Crippen LogP contribution in [0.25, 0.3) is 0 Å². The fourth-order valence-corrected chi connectivity index (χ4v) is 5.16. The van der Waals surface area contributed by atoms with Crippen LogP contribution in [0.4, 0.5) is 5.13 Å². The fourth-order valence-electron chi connectivity index (χ4n) is 4.27. The molecule has 7 heteroatoms. The minimum Gasteiger partial charge on any atom is -0.497 e. The smallest absolute Gasteiger partial charge is 0.263 e. The van der Waals surface area contributed by atoms with Crippen LogP contribution >= 0.6 is 11.3 Å². The predicted octanol–water partition coefficient (Wildman–Crippen LogP) is 3.54. The van der Waals surface area contributed by atoms with Crippen molar-refractivity contribution >= 4 is 22.4 Å². The molecule has 2 fully saturated rings. The van der Waals surface area contributed by atoms with Crippen LogP contribution in [-0.4, -0.2) is 55.1 Å². The Morgan fingerprint density at radius 2 is 2.00 bits per heavy atom. The standard InChI is InChI=1S/C22H30N4O2S/c1-28-19-7-5-6-17(14-19)15-23-21(27)20-16-24-22(29-20)26-12-8-18(9-13-26)25-10-3-2-4-11-25/h5-7,14,16,18H,2-4,8-13,15H2,1H3,(H,23,27). The molecular formula is C22H30N4O2S. The molecule has 3 heterocycles. The average molecular weight is 415 g/mol. The molecule has 0 aliphatic carbocycles. The van der Waals surface area contributed by atoms with E-state index in [1.807, 2.05) is 24.3 Å². The van der Waals surface area contributed by atoms with Crippen LogP contribution in [0, 0.1) is 0 Å². The van der Waals surface area contributed by atoms with Crippen molar-refractivity contribution in [2.45, 2.75) is 44.7 Å². The molecule has 0 saturated carbocycles. The number of amides is 1.